The predicted octanol–water partition coefficient (Wildman–Crippen LogP) is 0.889. The summed E-state index contributed by atoms with van der Waals surface area (Å²) in [6, 6.07) is 6.11. The summed E-state index contributed by atoms with van der Waals surface area (Å²) in [4.78, 5) is 28.6. The third kappa shape index (κ3) is 2.41. The largest absolute Gasteiger partial charge is 0.329 e. The van der Waals surface area contributed by atoms with Crippen molar-refractivity contribution < 1.29 is 14.0 Å². The zero-order valence-corrected chi connectivity index (χ0v) is 12.9. The molecule has 3 aliphatic rings. The van der Waals surface area contributed by atoms with Gasteiger partial charge in [-0.25, -0.2) is 4.39 Å². The summed E-state index contributed by atoms with van der Waals surface area (Å²) in [6.07, 6.45) is 2.31. The van der Waals surface area contributed by atoms with Crippen LogP contribution in [0.1, 0.15) is 24.8 Å². The number of halogens is 1. The van der Waals surface area contributed by atoms with E-state index in [0.717, 1.165) is 12.8 Å². The summed E-state index contributed by atoms with van der Waals surface area (Å²) in [6.45, 7) is 1.65. The lowest BCUT2D eigenvalue weighted by Gasteiger charge is -2.38. The van der Waals surface area contributed by atoms with Gasteiger partial charge in [-0.3, -0.25) is 9.59 Å². The summed E-state index contributed by atoms with van der Waals surface area (Å²) in [5, 5.41) is 3.30. The molecule has 1 N–H and O–H groups in total. The molecule has 3 aliphatic heterocycles. The van der Waals surface area contributed by atoms with E-state index in [4.69, 9.17) is 0 Å². The molecule has 0 saturated carbocycles. The normalized spacial score (nSPS) is 29.9. The second-order valence-corrected chi connectivity index (χ2v) is 6.60. The number of amides is 2. The first kappa shape index (κ1) is 14.6. The highest BCUT2D eigenvalue weighted by atomic mass is 19.1. The first-order valence-electron chi connectivity index (χ1n) is 8.23. The van der Waals surface area contributed by atoms with E-state index in [1.807, 2.05) is 0 Å². The number of nitrogens with one attached hydrogen (secondary N) is 1. The molecule has 5 nitrogen and oxygen atoms in total. The molecule has 0 spiro atoms. The van der Waals surface area contributed by atoms with E-state index in [0.29, 0.717) is 31.6 Å². The molecular weight excluding hydrogens is 297 g/mol. The zero-order chi connectivity index (χ0) is 16.0. The van der Waals surface area contributed by atoms with Crippen LogP contribution in [0.25, 0.3) is 0 Å². The minimum Gasteiger partial charge on any atom is -0.329 e. The molecule has 2 amide bonds. The topological polar surface area (TPSA) is 52.7 Å². The van der Waals surface area contributed by atoms with Crippen molar-refractivity contribution in [2.24, 2.45) is 0 Å². The van der Waals surface area contributed by atoms with Crippen LogP contribution in [0, 0.1) is 5.82 Å². The van der Waals surface area contributed by atoms with E-state index in [1.54, 1.807) is 28.0 Å². The van der Waals surface area contributed by atoms with Crippen molar-refractivity contribution in [2.45, 2.75) is 43.9 Å². The van der Waals surface area contributed by atoms with Crippen molar-refractivity contribution in [1.29, 1.82) is 0 Å². The quantitative estimate of drug-likeness (QED) is 0.901. The van der Waals surface area contributed by atoms with Crippen molar-refractivity contribution in [3.8, 4) is 0 Å². The average Bonchev–Trinajstić information content (AvgIpc) is 3.19. The van der Waals surface area contributed by atoms with Gasteiger partial charge in [0.15, 0.2) is 0 Å². The molecule has 0 aromatic heterocycles. The highest BCUT2D eigenvalue weighted by molar-refractivity contribution is 5.98. The lowest BCUT2D eigenvalue weighted by Crippen LogP contribution is -2.60. The molecule has 23 heavy (non-hydrogen) atoms. The SMILES string of the molecule is O=C1[C@@H]2C[C@H](NCc3ccccc3F)CN2C(=O)[C@@H]2CCCN12. The molecular formula is C17H20FN3O2. The Morgan fingerprint density at radius 1 is 1.13 bits per heavy atom. The Labute approximate surface area is 134 Å². The Balaban J connectivity index is 1.44. The van der Waals surface area contributed by atoms with Crippen LogP contribution in [0.3, 0.4) is 0 Å². The van der Waals surface area contributed by atoms with Gasteiger partial charge in [0.1, 0.15) is 17.9 Å². The molecule has 0 unspecified atom stereocenters. The number of hydrogen-bond acceptors (Lipinski definition) is 3. The lowest BCUT2D eigenvalue weighted by atomic mass is 10.1. The second-order valence-electron chi connectivity index (χ2n) is 6.60. The van der Waals surface area contributed by atoms with Crippen molar-refractivity contribution in [3.05, 3.63) is 35.6 Å². The fraction of sp³-hybridized carbons (Fsp3) is 0.529. The number of nitrogens with zero attached hydrogens (tertiary/aromatic N) is 2. The van der Waals surface area contributed by atoms with Gasteiger partial charge >= 0.3 is 0 Å². The Morgan fingerprint density at radius 2 is 1.91 bits per heavy atom. The highest BCUT2D eigenvalue weighted by Gasteiger charge is 2.51. The Hall–Kier alpha value is -1.95. The van der Waals surface area contributed by atoms with Gasteiger partial charge in [-0.15, -0.1) is 0 Å². The van der Waals surface area contributed by atoms with Crippen LogP contribution in [-0.2, 0) is 16.1 Å². The molecule has 3 saturated heterocycles. The van der Waals surface area contributed by atoms with Gasteiger partial charge in [0.2, 0.25) is 11.8 Å². The molecule has 0 bridgehead atoms. The standard InChI is InChI=1S/C17H20FN3O2/c18-13-5-2-1-4-11(13)9-19-12-8-15-17(23)20-7-3-6-14(20)16(22)21(15)10-12/h1-2,4-5,12,14-15,19H,3,6-10H2/t12-,14-,15-/m0/s1. The van der Waals surface area contributed by atoms with Gasteiger partial charge < -0.3 is 15.1 Å². The van der Waals surface area contributed by atoms with Crippen LogP contribution in [0.5, 0.6) is 0 Å². The van der Waals surface area contributed by atoms with E-state index >= 15 is 0 Å². The van der Waals surface area contributed by atoms with E-state index in [1.165, 1.54) is 6.07 Å². The minimum absolute atomic E-state index is 0.0348. The minimum atomic E-state index is -0.338. The maximum atomic E-state index is 13.7. The number of hydrogen-bond donors (Lipinski definition) is 1. The van der Waals surface area contributed by atoms with Gasteiger partial charge in [0.05, 0.1) is 0 Å². The Morgan fingerprint density at radius 3 is 2.74 bits per heavy atom. The van der Waals surface area contributed by atoms with Crippen LogP contribution in [0.2, 0.25) is 0 Å². The Kier molecular flexibility index (Phi) is 3.56. The third-order valence-corrected chi connectivity index (χ3v) is 5.23. The van der Waals surface area contributed by atoms with E-state index in [-0.39, 0.29) is 35.8 Å². The molecule has 0 aliphatic carbocycles. The molecule has 3 fully saturated rings. The number of carbonyl (C=O) groups excluding carboxylic acids is 2. The molecule has 4 rings (SSSR count). The summed E-state index contributed by atoms with van der Waals surface area (Å²) >= 11 is 0. The van der Waals surface area contributed by atoms with E-state index in [2.05, 4.69) is 5.32 Å². The summed E-state index contributed by atoms with van der Waals surface area (Å²) in [5.41, 5.74) is 0.607. The molecule has 0 radical (unpaired) electrons. The van der Waals surface area contributed by atoms with E-state index in [9.17, 15) is 14.0 Å². The molecule has 1 aromatic rings. The zero-order valence-electron chi connectivity index (χ0n) is 12.9. The fourth-order valence-electron chi connectivity index (χ4n) is 4.03. The summed E-state index contributed by atoms with van der Waals surface area (Å²) < 4.78 is 13.7. The van der Waals surface area contributed by atoms with Gasteiger partial charge in [-0.05, 0) is 25.3 Å². The van der Waals surface area contributed by atoms with Crippen LogP contribution in [0.15, 0.2) is 24.3 Å². The van der Waals surface area contributed by atoms with Crippen LogP contribution in [0.4, 0.5) is 4.39 Å². The maximum absolute atomic E-state index is 13.7. The van der Waals surface area contributed by atoms with Gasteiger partial charge in [-0.1, -0.05) is 18.2 Å². The van der Waals surface area contributed by atoms with Gasteiger partial charge in [0.25, 0.3) is 0 Å². The Bertz CT molecular complexity index is 620. The van der Waals surface area contributed by atoms with Crippen LogP contribution < -0.4 is 5.32 Å². The maximum Gasteiger partial charge on any atom is 0.246 e. The number of rotatable bonds is 3. The summed E-state index contributed by atoms with van der Waals surface area (Å²) in [7, 11) is 0. The van der Waals surface area contributed by atoms with Crippen LogP contribution in [-0.4, -0.2) is 52.8 Å². The van der Waals surface area contributed by atoms with Crippen molar-refractivity contribution in [1.82, 2.24) is 15.1 Å². The van der Waals surface area contributed by atoms with Crippen molar-refractivity contribution in [2.75, 3.05) is 13.1 Å². The molecule has 1 aromatic carbocycles. The van der Waals surface area contributed by atoms with Crippen molar-refractivity contribution >= 4 is 11.8 Å². The number of fused-ring (bicyclic) bond motifs is 2. The first-order valence-corrected chi connectivity index (χ1v) is 8.23. The monoisotopic (exact) mass is 317 g/mol. The van der Waals surface area contributed by atoms with Crippen LogP contribution >= 0.6 is 0 Å². The number of piperazine rings is 1. The lowest BCUT2D eigenvalue weighted by molar-refractivity contribution is -0.156. The average molecular weight is 317 g/mol. The first-order chi connectivity index (χ1) is 11.1. The molecule has 3 atom stereocenters. The van der Waals surface area contributed by atoms with E-state index < -0.39 is 0 Å². The molecule has 6 heteroatoms. The third-order valence-electron chi connectivity index (χ3n) is 5.23. The van der Waals surface area contributed by atoms with Gasteiger partial charge in [0, 0.05) is 31.2 Å². The second kappa shape index (κ2) is 5.60. The fourth-order valence-corrected chi connectivity index (χ4v) is 4.03. The predicted molar refractivity (Wildman–Crippen MR) is 81.9 cm³/mol. The molecule has 122 valence electrons. The van der Waals surface area contributed by atoms with Gasteiger partial charge in [-0.2, -0.15) is 0 Å². The highest BCUT2D eigenvalue weighted by Crippen LogP contribution is 2.32. The number of carbonyl (C=O) groups is 2. The molecule has 3 heterocycles. The van der Waals surface area contributed by atoms with Crippen molar-refractivity contribution in [3.63, 3.8) is 0 Å². The summed E-state index contributed by atoms with van der Waals surface area (Å²) in [5.74, 6) is -0.0619. The smallest absolute Gasteiger partial charge is 0.246 e. The number of benzene rings is 1.